The van der Waals surface area contributed by atoms with E-state index in [9.17, 15) is 14.3 Å². The predicted octanol–water partition coefficient (Wildman–Crippen LogP) is 4.21. The lowest BCUT2D eigenvalue weighted by molar-refractivity contribution is -0.138. The number of hydrogen-bond donors (Lipinski definition) is 3. The average molecular weight is 480 g/mol. The molecule has 1 unspecified atom stereocenters. The molecule has 0 saturated heterocycles. The molecule has 2 aliphatic rings. The maximum atomic E-state index is 13.7. The number of aromatic nitrogens is 3. The molecule has 1 aliphatic heterocycles. The summed E-state index contributed by atoms with van der Waals surface area (Å²) in [7, 11) is 0. The second kappa shape index (κ2) is 10.5. The van der Waals surface area contributed by atoms with E-state index in [1.165, 1.54) is 24.0 Å². The van der Waals surface area contributed by atoms with E-state index < -0.39 is 17.8 Å². The number of carboxylic acids is 1. The fraction of sp³-hybridized carbons (Fsp3) is 0.462. The van der Waals surface area contributed by atoms with Crippen molar-refractivity contribution in [3.63, 3.8) is 0 Å². The minimum absolute atomic E-state index is 0.168. The highest BCUT2D eigenvalue weighted by molar-refractivity contribution is 5.90. The second-order valence-corrected chi connectivity index (χ2v) is 9.42. The fourth-order valence-corrected chi connectivity index (χ4v) is 4.83. The van der Waals surface area contributed by atoms with Crippen molar-refractivity contribution in [2.45, 2.75) is 57.1 Å². The third-order valence-corrected chi connectivity index (χ3v) is 6.92. The van der Waals surface area contributed by atoms with Crippen LogP contribution in [0.2, 0.25) is 0 Å². The van der Waals surface area contributed by atoms with Gasteiger partial charge in [0.2, 0.25) is 0 Å². The van der Waals surface area contributed by atoms with Gasteiger partial charge in [-0.15, -0.1) is 0 Å². The number of aryl methyl sites for hydroxylation is 2. The van der Waals surface area contributed by atoms with Gasteiger partial charge in [-0.05, 0) is 74.3 Å². The molecular weight excluding hydrogens is 449 g/mol. The summed E-state index contributed by atoms with van der Waals surface area (Å²) in [6.07, 6.45) is 8.08. The molecule has 0 bridgehead atoms. The zero-order chi connectivity index (χ0) is 24.2. The molecule has 5 rings (SSSR count). The number of anilines is 2. The summed E-state index contributed by atoms with van der Waals surface area (Å²) in [6.45, 7) is 1.33. The van der Waals surface area contributed by atoms with Gasteiger partial charge in [0.05, 0.1) is 11.6 Å². The lowest BCUT2D eigenvalue weighted by atomic mass is 9.79. The van der Waals surface area contributed by atoms with E-state index in [0.29, 0.717) is 29.2 Å². The van der Waals surface area contributed by atoms with Crippen molar-refractivity contribution in [2.24, 2.45) is 5.92 Å². The van der Waals surface area contributed by atoms with Crippen LogP contribution in [0.3, 0.4) is 0 Å². The van der Waals surface area contributed by atoms with Crippen LogP contribution in [-0.2, 0) is 22.4 Å². The Hall–Kier alpha value is -3.33. The molecule has 1 aromatic carbocycles. The van der Waals surface area contributed by atoms with Crippen LogP contribution in [0.4, 0.5) is 16.0 Å². The summed E-state index contributed by atoms with van der Waals surface area (Å²) < 4.78 is 19.6. The number of aliphatic carboxylic acids is 1. The number of ether oxygens (including phenoxy) is 1. The van der Waals surface area contributed by atoms with Crippen molar-refractivity contribution in [1.82, 2.24) is 15.0 Å². The van der Waals surface area contributed by atoms with Crippen LogP contribution in [0, 0.1) is 11.7 Å². The summed E-state index contributed by atoms with van der Waals surface area (Å²) in [6, 6.07) is 7.61. The molecule has 3 heterocycles. The predicted molar refractivity (Wildman–Crippen MR) is 131 cm³/mol. The number of hydrogen-bond acceptors (Lipinski definition) is 7. The Kier molecular flexibility index (Phi) is 7.03. The average Bonchev–Trinajstić information content (AvgIpc) is 2.84. The minimum Gasteiger partial charge on any atom is -0.480 e. The van der Waals surface area contributed by atoms with Gasteiger partial charge < -0.3 is 20.5 Å². The van der Waals surface area contributed by atoms with E-state index in [0.717, 1.165) is 56.6 Å². The SMILES string of the molecule is O=C(O)C(CCO[C@H]1C[C@H](CCc2ccc3c(n2)NCCC3)C1)Nc1ncnc2ccc(F)cc12. The first-order valence-electron chi connectivity index (χ1n) is 12.3. The largest absolute Gasteiger partial charge is 0.480 e. The number of carboxylic acid groups (broad SMARTS) is 1. The number of fused-ring (bicyclic) bond motifs is 2. The molecule has 3 aromatic rings. The maximum absolute atomic E-state index is 13.7. The van der Waals surface area contributed by atoms with Crippen molar-refractivity contribution in [3.8, 4) is 0 Å². The maximum Gasteiger partial charge on any atom is 0.326 e. The molecule has 0 amide bonds. The Morgan fingerprint density at radius 1 is 1.26 bits per heavy atom. The van der Waals surface area contributed by atoms with Crippen LogP contribution >= 0.6 is 0 Å². The number of nitrogens with zero attached hydrogens (tertiary/aromatic N) is 3. The smallest absolute Gasteiger partial charge is 0.326 e. The number of carbonyl (C=O) groups is 1. The van der Waals surface area contributed by atoms with Gasteiger partial charge in [0, 0.05) is 30.7 Å². The first-order chi connectivity index (χ1) is 17.0. The summed E-state index contributed by atoms with van der Waals surface area (Å²) in [5.41, 5.74) is 2.99. The Morgan fingerprint density at radius 3 is 3.00 bits per heavy atom. The van der Waals surface area contributed by atoms with Gasteiger partial charge in [0.1, 0.15) is 29.8 Å². The molecule has 1 saturated carbocycles. The van der Waals surface area contributed by atoms with E-state index in [2.05, 4.69) is 32.7 Å². The monoisotopic (exact) mass is 479 g/mol. The topological polar surface area (TPSA) is 109 Å². The molecule has 1 fully saturated rings. The number of rotatable bonds is 10. The van der Waals surface area contributed by atoms with E-state index in [4.69, 9.17) is 9.72 Å². The molecule has 2 aromatic heterocycles. The van der Waals surface area contributed by atoms with E-state index in [-0.39, 0.29) is 12.5 Å². The lowest BCUT2D eigenvalue weighted by Crippen LogP contribution is -2.35. The molecular formula is C26H30FN5O3. The number of halogens is 1. The Bertz CT molecular complexity index is 1200. The van der Waals surface area contributed by atoms with Gasteiger partial charge >= 0.3 is 5.97 Å². The van der Waals surface area contributed by atoms with Gasteiger partial charge in [0.15, 0.2) is 0 Å². The molecule has 1 atom stereocenters. The van der Waals surface area contributed by atoms with E-state index >= 15 is 0 Å². The van der Waals surface area contributed by atoms with Gasteiger partial charge in [-0.3, -0.25) is 0 Å². The molecule has 35 heavy (non-hydrogen) atoms. The standard InChI is InChI=1S/C26H30FN5O3/c27-18-5-8-22-21(14-18)25(30-15-29-22)32-23(26(33)34)9-11-35-20-12-16(13-20)3-6-19-7-4-17-2-1-10-28-24(17)31-19/h4-5,7-8,14-16,20,23H,1-3,6,9-13H2,(H,28,31)(H,33,34)(H,29,30,32)/t16-,20-,23?. The zero-order valence-electron chi connectivity index (χ0n) is 19.5. The molecule has 0 radical (unpaired) electrons. The summed E-state index contributed by atoms with van der Waals surface area (Å²) >= 11 is 0. The number of pyridine rings is 1. The first kappa shape index (κ1) is 23.4. The molecule has 184 valence electrons. The first-order valence-corrected chi connectivity index (χ1v) is 12.3. The van der Waals surface area contributed by atoms with Crippen LogP contribution in [0.1, 0.15) is 43.4 Å². The molecule has 0 spiro atoms. The Balaban J connectivity index is 1.06. The van der Waals surface area contributed by atoms with Crippen LogP contribution < -0.4 is 10.6 Å². The lowest BCUT2D eigenvalue weighted by Gasteiger charge is -2.35. The Labute approximate surface area is 203 Å². The summed E-state index contributed by atoms with van der Waals surface area (Å²) in [4.78, 5) is 24.8. The van der Waals surface area contributed by atoms with Crippen molar-refractivity contribution in [1.29, 1.82) is 0 Å². The quantitative estimate of drug-likeness (QED) is 0.397. The normalized spacial score (nSPS) is 19.9. The van der Waals surface area contributed by atoms with Gasteiger partial charge in [-0.25, -0.2) is 24.1 Å². The number of benzene rings is 1. The molecule has 3 N–H and O–H groups in total. The third-order valence-electron chi connectivity index (χ3n) is 6.92. The summed E-state index contributed by atoms with van der Waals surface area (Å²) in [5, 5.41) is 16.4. The molecule has 9 heteroatoms. The Morgan fingerprint density at radius 2 is 2.14 bits per heavy atom. The van der Waals surface area contributed by atoms with Gasteiger partial charge in [0.25, 0.3) is 0 Å². The fourth-order valence-electron chi connectivity index (χ4n) is 4.83. The van der Waals surface area contributed by atoms with Crippen molar-refractivity contribution >= 4 is 28.5 Å². The van der Waals surface area contributed by atoms with Crippen molar-refractivity contribution in [2.75, 3.05) is 23.8 Å². The summed E-state index contributed by atoms with van der Waals surface area (Å²) in [5.74, 6) is 0.530. The van der Waals surface area contributed by atoms with Crippen molar-refractivity contribution in [3.05, 3.63) is 53.7 Å². The van der Waals surface area contributed by atoms with Crippen LogP contribution in [0.15, 0.2) is 36.7 Å². The highest BCUT2D eigenvalue weighted by Crippen LogP contribution is 2.34. The van der Waals surface area contributed by atoms with Crippen LogP contribution in [-0.4, -0.2) is 51.3 Å². The van der Waals surface area contributed by atoms with E-state index in [1.54, 1.807) is 6.07 Å². The third kappa shape index (κ3) is 5.67. The minimum atomic E-state index is -1.00. The van der Waals surface area contributed by atoms with E-state index in [1.807, 2.05) is 0 Å². The number of nitrogens with one attached hydrogen (secondary N) is 2. The highest BCUT2D eigenvalue weighted by Gasteiger charge is 2.30. The molecule has 8 nitrogen and oxygen atoms in total. The second-order valence-electron chi connectivity index (χ2n) is 9.42. The van der Waals surface area contributed by atoms with Gasteiger partial charge in [-0.1, -0.05) is 6.07 Å². The van der Waals surface area contributed by atoms with Gasteiger partial charge in [-0.2, -0.15) is 0 Å². The van der Waals surface area contributed by atoms with Crippen LogP contribution in [0.5, 0.6) is 0 Å². The van der Waals surface area contributed by atoms with Crippen LogP contribution in [0.25, 0.3) is 10.9 Å². The van der Waals surface area contributed by atoms with Crippen molar-refractivity contribution < 1.29 is 19.0 Å². The highest BCUT2D eigenvalue weighted by atomic mass is 19.1. The zero-order valence-corrected chi connectivity index (χ0v) is 19.5. The molecule has 1 aliphatic carbocycles.